The minimum atomic E-state index is -0.652. The summed E-state index contributed by atoms with van der Waals surface area (Å²) in [4.78, 5) is 11.4. The second kappa shape index (κ2) is 5.16. The molecular weight excluding hydrogens is 190 g/mol. The third-order valence-corrected chi connectivity index (χ3v) is 2.25. The molecule has 3 heteroatoms. The largest absolute Gasteiger partial charge is 0.497 e. The van der Waals surface area contributed by atoms with Gasteiger partial charge in [-0.05, 0) is 17.7 Å². The predicted octanol–water partition coefficient (Wildman–Crippen LogP) is 2.28. The van der Waals surface area contributed by atoms with Gasteiger partial charge in [-0.1, -0.05) is 19.1 Å². The van der Waals surface area contributed by atoms with Gasteiger partial charge in [-0.2, -0.15) is 5.26 Å². The minimum Gasteiger partial charge on any atom is -0.497 e. The Morgan fingerprint density at radius 3 is 2.47 bits per heavy atom. The van der Waals surface area contributed by atoms with Crippen molar-refractivity contribution in [1.82, 2.24) is 0 Å². The summed E-state index contributed by atoms with van der Waals surface area (Å²) in [5, 5.41) is 8.91. The first-order valence-electron chi connectivity index (χ1n) is 4.79. The van der Waals surface area contributed by atoms with Crippen LogP contribution in [-0.4, -0.2) is 12.9 Å². The lowest BCUT2D eigenvalue weighted by Gasteiger charge is -2.07. The summed E-state index contributed by atoms with van der Waals surface area (Å²) in [7, 11) is 1.58. The first kappa shape index (κ1) is 11.3. The fraction of sp³-hybridized carbons (Fsp3) is 0.333. The maximum Gasteiger partial charge on any atom is 0.154 e. The SMILES string of the molecule is CCC(=O)[C@H](C#N)c1ccc(OC)cc1. The lowest BCUT2D eigenvalue weighted by molar-refractivity contribution is -0.119. The number of nitrogens with zero attached hydrogens (tertiary/aromatic N) is 1. The highest BCUT2D eigenvalue weighted by Crippen LogP contribution is 2.20. The van der Waals surface area contributed by atoms with E-state index in [-0.39, 0.29) is 5.78 Å². The fourth-order valence-electron chi connectivity index (χ4n) is 1.33. The van der Waals surface area contributed by atoms with E-state index in [4.69, 9.17) is 10.00 Å². The number of nitriles is 1. The molecule has 3 nitrogen and oxygen atoms in total. The highest BCUT2D eigenvalue weighted by Gasteiger charge is 2.17. The van der Waals surface area contributed by atoms with Crippen molar-refractivity contribution >= 4 is 5.78 Å². The van der Waals surface area contributed by atoms with E-state index in [0.29, 0.717) is 6.42 Å². The third kappa shape index (κ3) is 2.57. The van der Waals surface area contributed by atoms with Gasteiger partial charge in [-0.15, -0.1) is 0 Å². The van der Waals surface area contributed by atoms with Gasteiger partial charge in [0.15, 0.2) is 5.78 Å². The molecule has 0 unspecified atom stereocenters. The van der Waals surface area contributed by atoms with Crippen LogP contribution in [0, 0.1) is 11.3 Å². The Morgan fingerprint density at radius 2 is 2.07 bits per heavy atom. The number of rotatable bonds is 4. The average Bonchev–Trinajstić information content (AvgIpc) is 2.30. The number of carbonyl (C=O) groups is 1. The Morgan fingerprint density at radius 1 is 1.47 bits per heavy atom. The molecule has 0 spiro atoms. The first-order chi connectivity index (χ1) is 7.22. The summed E-state index contributed by atoms with van der Waals surface area (Å²) < 4.78 is 5.00. The summed E-state index contributed by atoms with van der Waals surface area (Å²) in [5.41, 5.74) is 0.727. The van der Waals surface area contributed by atoms with Gasteiger partial charge >= 0.3 is 0 Å². The lowest BCUT2D eigenvalue weighted by Crippen LogP contribution is -2.09. The van der Waals surface area contributed by atoms with Crippen molar-refractivity contribution in [2.45, 2.75) is 19.3 Å². The van der Waals surface area contributed by atoms with Gasteiger partial charge in [0.25, 0.3) is 0 Å². The number of hydrogen-bond donors (Lipinski definition) is 0. The first-order valence-corrected chi connectivity index (χ1v) is 4.79. The van der Waals surface area contributed by atoms with E-state index in [1.54, 1.807) is 38.3 Å². The molecule has 1 aromatic rings. The van der Waals surface area contributed by atoms with Crippen molar-refractivity contribution in [2.24, 2.45) is 0 Å². The zero-order valence-corrected chi connectivity index (χ0v) is 8.86. The van der Waals surface area contributed by atoms with Crippen molar-refractivity contribution in [1.29, 1.82) is 5.26 Å². The molecule has 0 fully saturated rings. The molecule has 0 aliphatic heterocycles. The van der Waals surface area contributed by atoms with Gasteiger partial charge in [0, 0.05) is 6.42 Å². The van der Waals surface area contributed by atoms with E-state index in [1.165, 1.54) is 0 Å². The van der Waals surface area contributed by atoms with Crippen molar-refractivity contribution in [3.8, 4) is 11.8 Å². The van der Waals surface area contributed by atoms with Crippen LogP contribution in [-0.2, 0) is 4.79 Å². The number of hydrogen-bond acceptors (Lipinski definition) is 3. The molecule has 0 saturated carbocycles. The van der Waals surface area contributed by atoms with Gasteiger partial charge in [0.2, 0.25) is 0 Å². The quantitative estimate of drug-likeness (QED) is 0.754. The summed E-state index contributed by atoms with van der Waals surface area (Å²) in [6, 6.07) is 9.02. The molecule has 0 aliphatic carbocycles. The van der Waals surface area contributed by atoms with E-state index >= 15 is 0 Å². The van der Waals surface area contributed by atoms with E-state index in [9.17, 15) is 4.79 Å². The molecule has 0 aromatic heterocycles. The summed E-state index contributed by atoms with van der Waals surface area (Å²) in [5.74, 6) is 0.0166. The molecule has 0 N–H and O–H groups in total. The van der Waals surface area contributed by atoms with E-state index in [1.807, 2.05) is 6.07 Å². The zero-order chi connectivity index (χ0) is 11.3. The van der Waals surface area contributed by atoms with Crippen LogP contribution in [0.15, 0.2) is 24.3 Å². The summed E-state index contributed by atoms with van der Waals surface area (Å²) in [6.07, 6.45) is 0.379. The maximum absolute atomic E-state index is 11.4. The molecule has 0 saturated heterocycles. The third-order valence-electron chi connectivity index (χ3n) is 2.25. The standard InChI is InChI=1S/C12H13NO2/c1-3-12(14)11(8-13)9-4-6-10(15-2)7-5-9/h4-7,11H,3H2,1-2H3/t11-/m1/s1. The van der Waals surface area contributed by atoms with E-state index < -0.39 is 5.92 Å². The molecule has 78 valence electrons. The number of carbonyl (C=O) groups excluding carboxylic acids is 1. The van der Waals surface area contributed by atoms with Gasteiger partial charge in [-0.25, -0.2) is 0 Å². The molecule has 1 rings (SSSR count). The normalized spacial score (nSPS) is 11.5. The lowest BCUT2D eigenvalue weighted by atomic mass is 9.95. The second-order valence-corrected chi connectivity index (χ2v) is 3.16. The number of ketones is 1. The Kier molecular flexibility index (Phi) is 3.87. The van der Waals surface area contributed by atoms with Crippen molar-refractivity contribution in [2.75, 3.05) is 7.11 Å². The second-order valence-electron chi connectivity index (χ2n) is 3.16. The number of benzene rings is 1. The summed E-state index contributed by atoms with van der Waals surface area (Å²) in [6.45, 7) is 1.76. The minimum absolute atomic E-state index is 0.0531. The van der Waals surface area contributed by atoms with Crippen LogP contribution >= 0.6 is 0 Å². The van der Waals surface area contributed by atoms with Crippen LogP contribution < -0.4 is 4.74 Å². The highest BCUT2D eigenvalue weighted by atomic mass is 16.5. The van der Waals surface area contributed by atoms with Crippen molar-refractivity contribution in [3.63, 3.8) is 0 Å². The number of methoxy groups -OCH3 is 1. The van der Waals surface area contributed by atoms with Crippen molar-refractivity contribution in [3.05, 3.63) is 29.8 Å². The van der Waals surface area contributed by atoms with Gasteiger partial charge in [-0.3, -0.25) is 4.79 Å². The smallest absolute Gasteiger partial charge is 0.154 e. The molecule has 0 amide bonds. The van der Waals surface area contributed by atoms with Crippen LogP contribution in [0.4, 0.5) is 0 Å². The number of Topliss-reactive ketones (excluding diaryl/α,β-unsaturated/α-hetero) is 1. The van der Waals surface area contributed by atoms with Gasteiger partial charge in [0.05, 0.1) is 13.2 Å². The number of ether oxygens (including phenoxy) is 1. The molecule has 1 aromatic carbocycles. The zero-order valence-electron chi connectivity index (χ0n) is 8.86. The Bertz CT molecular complexity index is 376. The molecule has 0 radical (unpaired) electrons. The molecule has 0 aliphatic rings. The van der Waals surface area contributed by atoms with E-state index in [2.05, 4.69) is 0 Å². The Hall–Kier alpha value is -1.82. The molecule has 0 heterocycles. The Labute approximate surface area is 89.3 Å². The van der Waals surface area contributed by atoms with Crippen LogP contribution in [0.1, 0.15) is 24.8 Å². The maximum atomic E-state index is 11.4. The van der Waals surface area contributed by atoms with Gasteiger partial charge < -0.3 is 4.74 Å². The Balaban J connectivity index is 2.94. The highest BCUT2D eigenvalue weighted by molar-refractivity contribution is 5.88. The van der Waals surface area contributed by atoms with Crippen molar-refractivity contribution < 1.29 is 9.53 Å². The average molecular weight is 203 g/mol. The van der Waals surface area contributed by atoms with E-state index in [0.717, 1.165) is 11.3 Å². The monoisotopic (exact) mass is 203 g/mol. The fourth-order valence-corrected chi connectivity index (χ4v) is 1.33. The van der Waals surface area contributed by atoms with Crippen LogP contribution in [0.25, 0.3) is 0 Å². The van der Waals surface area contributed by atoms with Crippen LogP contribution in [0.5, 0.6) is 5.75 Å². The molecule has 1 atom stereocenters. The summed E-state index contributed by atoms with van der Waals surface area (Å²) >= 11 is 0. The molecular formula is C12H13NO2. The van der Waals surface area contributed by atoms with Crippen LogP contribution in [0.3, 0.4) is 0 Å². The van der Waals surface area contributed by atoms with Crippen LogP contribution in [0.2, 0.25) is 0 Å². The molecule has 0 bridgehead atoms. The van der Waals surface area contributed by atoms with Gasteiger partial charge in [0.1, 0.15) is 11.7 Å². The predicted molar refractivity (Wildman–Crippen MR) is 56.6 cm³/mol. The molecule has 15 heavy (non-hydrogen) atoms. The topological polar surface area (TPSA) is 50.1 Å².